The van der Waals surface area contributed by atoms with Crippen LogP contribution < -0.4 is 0 Å². The van der Waals surface area contributed by atoms with Crippen molar-refractivity contribution in [3.63, 3.8) is 0 Å². The van der Waals surface area contributed by atoms with Crippen molar-refractivity contribution in [2.24, 2.45) is 0 Å². The van der Waals surface area contributed by atoms with Gasteiger partial charge in [0.15, 0.2) is 0 Å². The third kappa shape index (κ3) is 2.36. The fraction of sp³-hybridized carbons (Fsp3) is 1.00. The minimum atomic E-state index is -0.906. The Morgan fingerprint density at radius 2 is 1.27 bits per heavy atom. The SMILES string of the molecule is C[P@@]1CCC[C@@H]1[Si](C)(C)[C@H]1CCC[P@]1C. The molecular weight excluding hydrogens is 234 g/mol. The third-order valence-corrected chi connectivity index (χ3v) is 20.1. The molecule has 0 N–H and O–H groups in total. The third-order valence-electron chi connectivity index (χ3n) is 4.76. The highest BCUT2D eigenvalue weighted by molar-refractivity contribution is 7.65. The first-order chi connectivity index (χ1) is 7.03. The Labute approximate surface area is 99.1 Å². The Hall–Kier alpha value is 1.08. The van der Waals surface area contributed by atoms with E-state index in [-0.39, 0.29) is 0 Å². The summed E-state index contributed by atoms with van der Waals surface area (Å²) in [7, 11) is -0.0648. The lowest BCUT2D eigenvalue weighted by molar-refractivity contribution is 0.855. The topological polar surface area (TPSA) is 0 Å². The molecule has 0 radical (unpaired) electrons. The Morgan fingerprint density at radius 1 is 0.867 bits per heavy atom. The molecule has 2 aliphatic rings. The molecule has 2 aliphatic heterocycles. The Bertz CT molecular complexity index is 208. The van der Waals surface area contributed by atoms with Crippen LogP contribution >= 0.6 is 15.8 Å². The van der Waals surface area contributed by atoms with Gasteiger partial charge in [-0.15, -0.1) is 15.8 Å². The molecule has 4 atom stereocenters. The van der Waals surface area contributed by atoms with E-state index in [1.165, 1.54) is 10.6 Å². The highest BCUT2D eigenvalue weighted by Gasteiger charge is 2.46. The second-order valence-electron chi connectivity index (χ2n) is 6.10. The molecule has 0 spiro atoms. The lowest BCUT2D eigenvalue weighted by Gasteiger charge is -2.40. The van der Waals surface area contributed by atoms with Gasteiger partial charge >= 0.3 is 0 Å². The molecule has 88 valence electrons. The van der Waals surface area contributed by atoms with E-state index in [2.05, 4.69) is 26.4 Å². The summed E-state index contributed by atoms with van der Waals surface area (Å²) in [5.41, 5.74) is 0. The van der Waals surface area contributed by atoms with Crippen LogP contribution in [0.15, 0.2) is 0 Å². The van der Waals surface area contributed by atoms with Gasteiger partial charge in [0, 0.05) is 0 Å². The van der Waals surface area contributed by atoms with Crippen molar-refractivity contribution in [2.75, 3.05) is 25.7 Å². The molecule has 2 heterocycles. The van der Waals surface area contributed by atoms with Crippen LogP contribution in [0.25, 0.3) is 0 Å². The molecule has 2 rings (SSSR count). The number of hydrogen-bond acceptors (Lipinski definition) is 0. The highest BCUT2D eigenvalue weighted by Crippen LogP contribution is 2.58. The van der Waals surface area contributed by atoms with E-state index in [0.29, 0.717) is 15.8 Å². The van der Waals surface area contributed by atoms with Gasteiger partial charge in [0.2, 0.25) is 0 Å². The summed E-state index contributed by atoms with van der Waals surface area (Å²) in [6, 6.07) is 0. The fourth-order valence-electron chi connectivity index (χ4n) is 3.92. The van der Waals surface area contributed by atoms with Crippen LogP contribution in [0.5, 0.6) is 0 Å². The van der Waals surface area contributed by atoms with Crippen LogP contribution in [0.3, 0.4) is 0 Å². The second-order valence-corrected chi connectivity index (χ2v) is 17.3. The molecule has 0 aromatic carbocycles. The lowest BCUT2D eigenvalue weighted by Crippen LogP contribution is -2.48. The van der Waals surface area contributed by atoms with Crippen molar-refractivity contribution < 1.29 is 0 Å². The van der Waals surface area contributed by atoms with Gasteiger partial charge in [0.05, 0.1) is 8.07 Å². The first kappa shape index (κ1) is 12.5. The summed E-state index contributed by atoms with van der Waals surface area (Å²) < 4.78 is 0. The maximum absolute atomic E-state index is 2.73. The Kier molecular flexibility index (Phi) is 3.97. The zero-order valence-electron chi connectivity index (χ0n) is 10.8. The van der Waals surface area contributed by atoms with E-state index in [1.807, 2.05) is 0 Å². The van der Waals surface area contributed by atoms with Crippen LogP contribution in [-0.2, 0) is 0 Å². The predicted molar refractivity (Wildman–Crippen MR) is 78.9 cm³/mol. The summed E-state index contributed by atoms with van der Waals surface area (Å²) >= 11 is 0. The van der Waals surface area contributed by atoms with E-state index >= 15 is 0 Å². The largest absolute Gasteiger partial charge is 0.109 e. The van der Waals surface area contributed by atoms with Crippen LogP contribution in [0.1, 0.15) is 25.7 Å². The maximum Gasteiger partial charge on any atom is 0.0623 e. The summed E-state index contributed by atoms with van der Waals surface area (Å²) in [4.78, 5) is 0. The van der Waals surface area contributed by atoms with Gasteiger partial charge in [0.25, 0.3) is 0 Å². The van der Waals surface area contributed by atoms with E-state index in [1.54, 1.807) is 38.0 Å². The van der Waals surface area contributed by atoms with Crippen LogP contribution in [0.2, 0.25) is 13.1 Å². The Balaban J connectivity index is 2.10. The predicted octanol–water partition coefficient (Wildman–Crippen LogP) is 4.32. The van der Waals surface area contributed by atoms with Gasteiger partial charge in [-0.05, 0) is 61.9 Å². The summed E-state index contributed by atoms with van der Waals surface area (Å²) in [5, 5.41) is 2.45. The molecule has 2 fully saturated rings. The summed E-state index contributed by atoms with van der Waals surface area (Å²) in [6.07, 6.45) is 9.48. The lowest BCUT2D eigenvalue weighted by atomic mass is 10.4. The molecule has 2 saturated heterocycles. The molecule has 0 aromatic heterocycles. The maximum atomic E-state index is 2.73. The molecule has 0 unspecified atom stereocenters. The van der Waals surface area contributed by atoms with Crippen molar-refractivity contribution >= 4 is 23.9 Å². The highest BCUT2D eigenvalue weighted by atomic mass is 31.1. The second kappa shape index (κ2) is 4.75. The van der Waals surface area contributed by atoms with Crippen LogP contribution in [0.4, 0.5) is 0 Å². The van der Waals surface area contributed by atoms with Crippen LogP contribution in [-0.4, -0.2) is 44.3 Å². The molecule has 0 saturated carbocycles. The zero-order valence-corrected chi connectivity index (χ0v) is 13.6. The van der Waals surface area contributed by atoms with E-state index in [4.69, 9.17) is 0 Å². The Morgan fingerprint density at radius 3 is 1.53 bits per heavy atom. The van der Waals surface area contributed by atoms with Gasteiger partial charge < -0.3 is 0 Å². The number of hydrogen-bond donors (Lipinski definition) is 0. The zero-order chi connectivity index (χ0) is 11.1. The quantitative estimate of drug-likeness (QED) is 0.512. The average Bonchev–Trinajstić information content (AvgIpc) is 2.73. The van der Waals surface area contributed by atoms with Crippen molar-refractivity contribution in [2.45, 2.75) is 49.3 Å². The molecule has 3 heteroatoms. The monoisotopic (exact) mass is 260 g/mol. The van der Waals surface area contributed by atoms with Crippen molar-refractivity contribution in [1.29, 1.82) is 0 Å². The minimum Gasteiger partial charge on any atom is -0.109 e. The molecular formula is C12H26P2Si. The molecule has 0 aromatic rings. The van der Waals surface area contributed by atoms with Crippen molar-refractivity contribution in [3.8, 4) is 0 Å². The van der Waals surface area contributed by atoms with Crippen molar-refractivity contribution in [3.05, 3.63) is 0 Å². The van der Waals surface area contributed by atoms with Crippen LogP contribution in [0, 0.1) is 0 Å². The summed E-state index contributed by atoms with van der Waals surface area (Å²) in [6.45, 7) is 10.6. The first-order valence-electron chi connectivity index (χ1n) is 6.44. The summed E-state index contributed by atoms with van der Waals surface area (Å²) in [5.74, 6) is 0. The van der Waals surface area contributed by atoms with Gasteiger partial charge in [-0.2, -0.15) is 0 Å². The van der Waals surface area contributed by atoms with Gasteiger partial charge in [-0.1, -0.05) is 13.1 Å². The van der Waals surface area contributed by atoms with E-state index < -0.39 is 8.07 Å². The minimum absolute atomic E-state index is 0.420. The van der Waals surface area contributed by atoms with Gasteiger partial charge in [-0.25, -0.2) is 0 Å². The molecule has 0 aliphatic carbocycles. The average molecular weight is 260 g/mol. The normalized spacial score (nSPS) is 42.4. The van der Waals surface area contributed by atoms with Gasteiger partial charge in [0.1, 0.15) is 0 Å². The standard InChI is InChI=1S/C12H26P2Si/c1-13-9-5-7-11(13)15(3,4)12-8-6-10-14(12)2/h11-12H,5-10H2,1-4H3/t11-,12-,13-,14-/m0/s1. The van der Waals surface area contributed by atoms with E-state index in [9.17, 15) is 0 Å². The first-order valence-corrected chi connectivity index (χ1v) is 13.7. The molecule has 15 heavy (non-hydrogen) atoms. The smallest absolute Gasteiger partial charge is 0.0623 e. The molecule has 0 amide bonds. The molecule has 0 bridgehead atoms. The van der Waals surface area contributed by atoms with E-state index in [0.717, 1.165) is 0 Å². The number of rotatable bonds is 2. The van der Waals surface area contributed by atoms with Crippen molar-refractivity contribution in [1.82, 2.24) is 0 Å². The van der Waals surface area contributed by atoms with Gasteiger partial charge in [-0.3, -0.25) is 0 Å². The fourth-order valence-corrected chi connectivity index (χ4v) is 20.8. The molecule has 0 nitrogen and oxygen atoms in total.